The van der Waals surface area contributed by atoms with Crippen LogP contribution in [0.5, 0.6) is 0 Å². The minimum atomic E-state index is 0.422. The van der Waals surface area contributed by atoms with Gasteiger partial charge in [-0.1, -0.05) is 6.92 Å². The highest BCUT2D eigenvalue weighted by Gasteiger charge is 2.20. The van der Waals surface area contributed by atoms with Crippen LogP contribution >= 0.6 is 0 Å². The average Bonchev–Trinajstić information content (AvgIpc) is 1.85. The van der Waals surface area contributed by atoms with Crippen molar-refractivity contribution >= 4 is 0 Å². The molecule has 0 aliphatic carbocycles. The summed E-state index contributed by atoms with van der Waals surface area (Å²) in [6, 6.07) is 0. The summed E-state index contributed by atoms with van der Waals surface area (Å²) >= 11 is 0. The molecular weight excluding hydrogens is 138 g/mol. The first-order valence-corrected chi connectivity index (χ1v) is 4.60. The lowest BCUT2D eigenvalue weighted by Crippen LogP contribution is -2.45. The third-order valence-electron chi connectivity index (χ3n) is 2.04. The molecule has 0 aromatic rings. The van der Waals surface area contributed by atoms with E-state index in [4.69, 9.17) is 4.74 Å². The van der Waals surface area contributed by atoms with Gasteiger partial charge in [-0.25, -0.2) is 0 Å². The lowest BCUT2D eigenvalue weighted by molar-refractivity contribution is -0.0677. The predicted octanol–water partition coefficient (Wildman–Crippen LogP) is 1.51. The second-order valence-electron chi connectivity index (χ2n) is 3.52. The molecule has 0 spiro atoms. The fourth-order valence-corrected chi connectivity index (χ4v) is 1.78. The van der Waals surface area contributed by atoms with Gasteiger partial charge in [0.1, 0.15) is 0 Å². The Morgan fingerprint density at radius 1 is 1.27 bits per heavy atom. The fraction of sp³-hybridized carbons (Fsp3) is 1.00. The van der Waals surface area contributed by atoms with Gasteiger partial charge in [0.2, 0.25) is 0 Å². The van der Waals surface area contributed by atoms with Crippen LogP contribution < -0.4 is 0 Å². The van der Waals surface area contributed by atoms with Crippen molar-refractivity contribution in [3.05, 3.63) is 0 Å². The molecule has 2 nitrogen and oxygen atoms in total. The van der Waals surface area contributed by atoms with Crippen LogP contribution in [0, 0.1) is 0 Å². The van der Waals surface area contributed by atoms with Gasteiger partial charge in [0, 0.05) is 13.1 Å². The van der Waals surface area contributed by atoms with E-state index in [1.807, 2.05) is 0 Å². The van der Waals surface area contributed by atoms with E-state index >= 15 is 0 Å². The largest absolute Gasteiger partial charge is 0.373 e. The van der Waals surface area contributed by atoms with Crippen LogP contribution in [-0.2, 0) is 4.74 Å². The number of nitrogens with zero attached hydrogens (tertiary/aromatic N) is 1. The van der Waals surface area contributed by atoms with Crippen molar-refractivity contribution in [2.45, 2.75) is 39.4 Å². The van der Waals surface area contributed by atoms with Crippen molar-refractivity contribution in [3.8, 4) is 0 Å². The van der Waals surface area contributed by atoms with E-state index in [0.717, 1.165) is 13.1 Å². The fourth-order valence-electron chi connectivity index (χ4n) is 1.78. The molecule has 0 N–H and O–H groups in total. The molecule has 0 aromatic heterocycles. The molecule has 11 heavy (non-hydrogen) atoms. The molecule has 0 saturated carbocycles. The van der Waals surface area contributed by atoms with Crippen LogP contribution in [0.15, 0.2) is 0 Å². The Kier molecular flexibility index (Phi) is 3.34. The first-order valence-electron chi connectivity index (χ1n) is 4.60. The highest BCUT2D eigenvalue weighted by molar-refractivity contribution is 4.72. The monoisotopic (exact) mass is 157 g/mol. The molecular formula is C9H19NO. The summed E-state index contributed by atoms with van der Waals surface area (Å²) in [7, 11) is 0. The van der Waals surface area contributed by atoms with Crippen molar-refractivity contribution in [1.82, 2.24) is 4.90 Å². The minimum Gasteiger partial charge on any atom is -0.373 e. The summed E-state index contributed by atoms with van der Waals surface area (Å²) < 4.78 is 5.62. The summed E-state index contributed by atoms with van der Waals surface area (Å²) in [5, 5.41) is 0. The zero-order valence-electron chi connectivity index (χ0n) is 7.84. The van der Waals surface area contributed by atoms with Crippen molar-refractivity contribution in [2.75, 3.05) is 19.6 Å². The predicted molar refractivity (Wildman–Crippen MR) is 46.7 cm³/mol. The SMILES string of the molecule is CCCN1C[C@H](C)O[C@@H](C)C1. The summed E-state index contributed by atoms with van der Waals surface area (Å²) in [5.41, 5.74) is 0. The molecule has 0 bridgehead atoms. The minimum absolute atomic E-state index is 0.422. The van der Waals surface area contributed by atoms with Crippen molar-refractivity contribution in [2.24, 2.45) is 0 Å². The van der Waals surface area contributed by atoms with Gasteiger partial charge in [0.15, 0.2) is 0 Å². The Balaban J connectivity index is 2.30. The van der Waals surface area contributed by atoms with Gasteiger partial charge in [0.05, 0.1) is 12.2 Å². The summed E-state index contributed by atoms with van der Waals surface area (Å²) in [6.45, 7) is 9.97. The maximum Gasteiger partial charge on any atom is 0.0678 e. The zero-order valence-corrected chi connectivity index (χ0v) is 7.84. The first kappa shape index (κ1) is 9.01. The van der Waals surface area contributed by atoms with Gasteiger partial charge < -0.3 is 4.74 Å². The number of ether oxygens (including phenoxy) is 1. The van der Waals surface area contributed by atoms with E-state index in [9.17, 15) is 0 Å². The highest BCUT2D eigenvalue weighted by atomic mass is 16.5. The maximum absolute atomic E-state index is 5.62. The summed E-state index contributed by atoms with van der Waals surface area (Å²) in [4.78, 5) is 2.48. The zero-order chi connectivity index (χ0) is 8.27. The average molecular weight is 157 g/mol. The molecule has 1 heterocycles. The molecule has 1 saturated heterocycles. The van der Waals surface area contributed by atoms with Crippen molar-refractivity contribution in [3.63, 3.8) is 0 Å². The first-order chi connectivity index (χ1) is 5.22. The van der Waals surface area contributed by atoms with Crippen molar-refractivity contribution in [1.29, 1.82) is 0 Å². The Morgan fingerprint density at radius 3 is 2.27 bits per heavy atom. The van der Waals surface area contributed by atoms with E-state index in [0.29, 0.717) is 12.2 Å². The van der Waals surface area contributed by atoms with E-state index in [1.54, 1.807) is 0 Å². The van der Waals surface area contributed by atoms with Gasteiger partial charge in [0.25, 0.3) is 0 Å². The Morgan fingerprint density at radius 2 is 1.82 bits per heavy atom. The van der Waals surface area contributed by atoms with Crippen LogP contribution in [0.4, 0.5) is 0 Å². The topological polar surface area (TPSA) is 12.5 Å². The molecule has 1 rings (SSSR count). The Hall–Kier alpha value is -0.0800. The van der Waals surface area contributed by atoms with Crippen molar-refractivity contribution < 1.29 is 4.74 Å². The van der Waals surface area contributed by atoms with Gasteiger partial charge in [-0.3, -0.25) is 4.90 Å². The summed E-state index contributed by atoms with van der Waals surface area (Å²) in [6.07, 6.45) is 2.09. The molecule has 2 heteroatoms. The number of hydrogen-bond acceptors (Lipinski definition) is 2. The van der Waals surface area contributed by atoms with Gasteiger partial charge >= 0.3 is 0 Å². The Bertz CT molecular complexity index is 106. The van der Waals surface area contributed by atoms with E-state index in [-0.39, 0.29) is 0 Å². The number of hydrogen-bond donors (Lipinski definition) is 0. The van der Waals surface area contributed by atoms with Crippen LogP contribution in [0.2, 0.25) is 0 Å². The number of morpholine rings is 1. The standard InChI is InChI=1S/C9H19NO/c1-4-5-10-6-8(2)11-9(3)7-10/h8-9H,4-7H2,1-3H3/t8-,9-/m0/s1. The molecule has 1 aliphatic rings. The van der Waals surface area contributed by atoms with E-state index < -0.39 is 0 Å². The Labute approximate surface area is 69.5 Å². The summed E-state index contributed by atoms with van der Waals surface area (Å²) in [5.74, 6) is 0. The molecule has 66 valence electrons. The second-order valence-corrected chi connectivity index (χ2v) is 3.52. The highest BCUT2D eigenvalue weighted by Crippen LogP contribution is 2.10. The normalized spacial score (nSPS) is 34.1. The molecule has 1 aliphatic heterocycles. The maximum atomic E-state index is 5.62. The van der Waals surface area contributed by atoms with Gasteiger partial charge in [-0.15, -0.1) is 0 Å². The second kappa shape index (κ2) is 4.07. The van der Waals surface area contributed by atoms with Gasteiger partial charge in [-0.2, -0.15) is 0 Å². The van der Waals surface area contributed by atoms with Crippen LogP contribution in [-0.4, -0.2) is 36.7 Å². The van der Waals surface area contributed by atoms with Crippen LogP contribution in [0.3, 0.4) is 0 Å². The lowest BCUT2D eigenvalue weighted by Gasteiger charge is -2.35. The molecule has 0 radical (unpaired) electrons. The quantitative estimate of drug-likeness (QED) is 0.602. The smallest absolute Gasteiger partial charge is 0.0678 e. The number of rotatable bonds is 2. The van der Waals surface area contributed by atoms with Crippen LogP contribution in [0.1, 0.15) is 27.2 Å². The third kappa shape index (κ3) is 2.80. The third-order valence-corrected chi connectivity index (χ3v) is 2.04. The molecule has 0 aromatic carbocycles. The molecule has 1 fully saturated rings. The molecule has 0 unspecified atom stereocenters. The van der Waals surface area contributed by atoms with Crippen LogP contribution in [0.25, 0.3) is 0 Å². The van der Waals surface area contributed by atoms with Gasteiger partial charge in [-0.05, 0) is 26.8 Å². The lowest BCUT2D eigenvalue weighted by atomic mass is 10.2. The van der Waals surface area contributed by atoms with E-state index in [1.165, 1.54) is 13.0 Å². The van der Waals surface area contributed by atoms with E-state index in [2.05, 4.69) is 25.7 Å². The molecule has 0 amide bonds. The molecule has 2 atom stereocenters.